The smallest absolute Gasteiger partial charge is 0.344 e. The van der Waals surface area contributed by atoms with E-state index in [1.807, 2.05) is 26.0 Å². The van der Waals surface area contributed by atoms with Crippen molar-refractivity contribution in [1.29, 1.82) is 0 Å². The summed E-state index contributed by atoms with van der Waals surface area (Å²) in [7, 11) is 0. The van der Waals surface area contributed by atoms with Gasteiger partial charge in [-0.3, -0.25) is 4.90 Å². The predicted molar refractivity (Wildman–Crippen MR) is 88.4 cm³/mol. The van der Waals surface area contributed by atoms with Crippen LogP contribution >= 0.6 is 0 Å². The van der Waals surface area contributed by atoms with Crippen LogP contribution in [0.4, 0.5) is 5.69 Å². The Balaban J connectivity index is 2.11. The third kappa shape index (κ3) is 3.91. The lowest BCUT2D eigenvalue weighted by molar-refractivity contribution is -0.145. The van der Waals surface area contributed by atoms with Crippen LogP contribution in [0.2, 0.25) is 0 Å². The van der Waals surface area contributed by atoms with Crippen molar-refractivity contribution in [2.75, 3.05) is 18.1 Å². The zero-order valence-corrected chi connectivity index (χ0v) is 13.4. The van der Waals surface area contributed by atoms with Gasteiger partial charge in [-0.25, -0.2) is 9.79 Å². The Labute approximate surface area is 134 Å². The first kappa shape index (κ1) is 16.6. The van der Waals surface area contributed by atoms with Gasteiger partial charge in [0.2, 0.25) is 11.9 Å². The Kier molecular flexibility index (Phi) is 4.73. The summed E-state index contributed by atoms with van der Waals surface area (Å²) in [6.45, 7) is 5.70. The number of ether oxygens (including phenoxy) is 2. The quantitative estimate of drug-likeness (QED) is 0.776. The SMILES string of the molecule is CCOC(=O)COc1ccc(N2C(N)=NC(N)=NC2(C)C)cc1. The van der Waals surface area contributed by atoms with E-state index in [4.69, 9.17) is 20.9 Å². The Morgan fingerprint density at radius 3 is 2.48 bits per heavy atom. The summed E-state index contributed by atoms with van der Waals surface area (Å²) in [5.41, 5.74) is 11.8. The monoisotopic (exact) mass is 319 g/mol. The lowest BCUT2D eigenvalue weighted by atomic mass is 10.1. The lowest BCUT2D eigenvalue weighted by Gasteiger charge is -2.38. The van der Waals surface area contributed by atoms with Gasteiger partial charge in [0.15, 0.2) is 6.61 Å². The van der Waals surface area contributed by atoms with Crippen LogP contribution in [0.5, 0.6) is 5.75 Å². The van der Waals surface area contributed by atoms with Gasteiger partial charge in [0.25, 0.3) is 0 Å². The van der Waals surface area contributed by atoms with Crippen LogP contribution in [0, 0.1) is 0 Å². The van der Waals surface area contributed by atoms with Crippen LogP contribution in [-0.4, -0.2) is 36.8 Å². The second-order valence-corrected chi connectivity index (χ2v) is 5.36. The van der Waals surface area contributed by atoms with E-state index < -0.39 is 11.6 Å². The van der Waals surface area contributed by atoms with Gasteiger partial charge >= 0.3 is 5.97 Å². The van der Waals surface area contributed by atoms with E-state index in [0.717, 1.165) is 5.69 Å². The molecule has 4 N–H and O–H groups in total. The normalized spacial score (nSPS) is 16.4. The number of anilines is 1. The van der Waals surface area contributed by atoms with Crippen LogP contribution in [-0.2, 0) is 9.53 Å². The highest BCUT2D eigenvalue weighted by atomic mass is 16.6. The molecule has 8 heteroatoms. The van der Waals surface area contributed by atoms with Crippen molar-refractivity contribution in [1.82, 2.24) is 0 Å². The van der Waals surface area contributed by atoms with Crippen molar-refractivity contribution in [2.45, 2.75) is 26.4 Å². The minimum absolute atomic E-state index is 0.132. The summed E-state index contributed by atoms with van der Waals surface area (Å²) in [5, 5.41) is 0. The largest absolute Gasteiger partial charge is 0.482 e. The number of guanidine groups is 2. The highest BCUT2D eigenvalue weighted by molar-refractivity contribution is 6.05. The van der Waals surface area contributed by atoms with Crippen molar-refractivity contribution in [3.63, 3.8) is 0 Å². The molecule has 0 aliphatic carbocycles. The maximum absolute atomic E-state index is 11.3. The van der Waals surface area contributed by atoms with Gasteiger partial charge in [-0.1, -0.05) is 0 Å². The second kappa shape index (κ2) is 6.55. The molecule has 2 rings (SSSR count). The predicted octanol–water partition coefficient (Wildman–Crippen LogP) is 0.814. The minimum Gasteiger partial charge on any atom is -0.482 e. The molecule has 0 fully saturated rings. The highest BCUT2D eigenvalue weighted by Gasteiger charge is 2.32. The average Bonchev–Trinajstić information content (AvgIpc) is 2.44. The van der Waals surface area contributed by atoms with Crippen molar-refractivity contribution in [3.05, 3.63) is 24.3 Å². The number of carbonyl (C=O) groups is 1. The molecule has 0 bridgehead atoms. The topological polar surface area (TPSA) is 116 Å². The molecular weight excluding hydrogens is 298 g/mol. The van der Waals surface area contributed by atoms with E-state index in [0.29, 0.717) is 12.4 Å². The molecule has 0 amide bonds. The second-order valence-electron chi connectivity index (χ2n) is 5.36. The van der Waals surface area contributed by atoms with Crippen LogP contribution < -0.4 is 21.1 Å². The molecule has 0 spiro atoms. The molecule has 0 aromatic heterocycles. The van der Waals surface area contributed by atoms with Gasteiger partial charge in [0.1, 0.15) is 11.4 Å². The first-order chi connectivity index (χ1) is 10.8. The number of aliphatic imine (C=N–C) groups is 2. The molecule has 8 nitrogen and oxygen atoms in total. The molecule has 0 unspecified atom stereocenters. The number of hydrogen-bond donors (Lipinski definition) is 2. The van der Waals surface area contributed by atoms with Crippen molar-refractivity contribution in [3.8, 4) is 5.75 Å². The number of hydrogen-bond acceptors (Lipinski definition) is 8. The highest BCUT2D eigenvalue weighted by Crippen LogP contribution is 2.28. The average molecular weight is 319 g/mol. The van der Waals surface area contributed by atoms with Crippen LogP contribution in [0.3, 0.4) is 0 Å². The maximum atomic E-state index is 11.3. The lowest BCUT2D eigenvalue weighted by Crippen LogP contribution is -2.54. The third-order valence-electron chi connectivity index (χ3n) is 3.15. The molecule has 0 saturated carbocycles. The van der Waals surface area contributed by atoms with Crippen molar-refractivity contribution >= 4 is 23.6 Å². The van der Waals surface area contributed by atoms with Crippen molar-refractivity contribution in [2.24, 2.45) is 21.5 Å². The number of nitrogens with two attached hydrogens (primary N) is 2. The molecule has 23 heavy (non-hydrogen) atoms. The van der Waals surface area contributed by atoms with E-state index in [2.05, 4.69) is 9.98 Å². The molecule has 1 aliphatic rings. The first-order valence-electron chi connectivity index (χ1n) is 7.21. The van der Waals surface area contributed by atoms with E-state index in [-0.39, 0.29) is 18.5 Å². The molecule has 1 aliphatic heterocycles. The Morgan fingerprint density at radius 2 is 1.91 bits per heavy atom. The number of nitrogens with zero attached hydrogens (tertiary/aromatic N) is 3. The molecule has 1 aromatic rings. The van der Waals surface area contributed by atoms with Gasteiger partial charge in [-0.2, -0.15) is 4.99 Å². The summed E-state index contributed by atoms with van der Waals surface area (Å²) in [6, 6.07) is 7.09. The summed E-state index contributed by atoms with van der Waals surface area (Å²) >= 11 is 0. The van der Waals surface area contributed by atoms with Crippen LogP contribution in [0.25, 0.3) is 0 Å². The van der Waals surface area contributed by atoms with E-state index in [1.54, 1.807) is 24.0 Å². The number of rotatable bonds is 5. The van der Waals surface area contributed by atoms with E-state index in [1.165, 1.54) is 0 Å². The van der Waals surface area contributed by atoms with Gasteiger partial charge in [-0.15, -0.1) is 0 Å². The molecular formula is C15H21N5O3. The fourth-order valence-corrected chi connectivity index (χ4v) is 2.29. The standard InChI is InChI=1S/C15H21N5O3/c1-4-22-12(21)9-23-11-7-5-10(6-8-11)20-14(17)18-13(16)19-15(20,2)3/h5-8H,4,9H2,1-3H3,(H4,16,17,18,19). The molecule has 0 atom stereocenters. The molecule has 1 aromatic carbocycles. The van der Waals surface area contributed by atoms with Crippen molar-refractivity contribution < 1.29 is 14.3 Å². The van der Waals surface area contributed by atoms with Gasteiger partial charge in [-0.05, 0) is 45.0 Å². The van der Waals surface area contributed by atoms with E-state index >= 15 is 0 Å². The third-order valence-corrected chi connectivity index (χ3v) is 3.15. The summed E-state index contributed by atoms with van der Waals surface area (Å²) < 4.78 is 10.2. The zero-order chi connectivity index (χ0) is 17.0. The summed E-state index contributed by atoms with van der Waals surface area (Å²) in [4.78, 5) is 21.3. The zero-order valence-electron chi connectivity index (χ0n) is 13.4. The molecule has 0 radical (unpaired) electrons. The molecule has 0 saturated heterocycles. The minimum atomic E-state index is -0.650. The van der Waals surface area contributed by atoms with Crippen LogP contribution in [0.15, 0.2) is 34.3 Å². The summed E-state index contributed by atoms with van der Waals surface area (Å²) in [6.07, 6.45) is 0. The van der Waals surface area contributed by atoms with Crippen LogP contribution in [0.1, 0.15) is 20.8 Å². The Bertz CT molecular complexity index is 637. The number of esters is 1. The summed E-state index contributed by atoms with van der Waals surface area (Å²) in [5.74, 6) is 0.561. The Hall–Kier alpha value is -2.77. The first-order valence-corrected chi connectivity index (χ1v) is 7.21. The van der Waals surface area contributed by atoms with Gasteiger partial charge in [0.05, 0.1) is 6.61 Å². The number of benzene rings is 1. The van der Waals surface area contributed by atoms with Gasteiger partial charge < -0.3 is 20.9 Å². The number of carbonyl (C=O) groups excluding carboxylic acids is 1. The fraction of sp³-hybridized carbons (Fsp3) is 0.400. The van der Waals surface area contributed by atoms with E-state index in [9.17, 15) is 4.79 Å². The molecule has 124 valence electrons. The fourth-order valence-electron chi connectivity index (χ4n) is 2.29. The Morgan fingerprint density at radius 1 is 1.26 bits per heavy atom. The molecule has 1 heterocycles. The maximum Gasteiger partial charge on any atom is 0.344 e. The van der Waals surface area contributed by atoms with Gasteiger partial charge in [0, 0.05) is 5.69 Å².